The smallest absolute Gasteiger partial charge is 0.222 e. The maximum absolute atomic E-state index is 11.7. The number of rotatable bonds is 6. The van der Waals surface area contributed by atoms with Crippen molar-refractivity contribution in [2.45, 2.75) is 38.9 Å². The van der Waals surface area contributed by atoms with Crippen molar-refractivity contribution in [2.24, 2.45) is 5.73 Å². The van der Waals surface area contributed by atoms with E-state index < -0.39 is 0 Å². The third kappa shape index (κ3) is 5.50. The van der Waals surface area contributed by atoms with E-state index >= 15 is 0 Å². The summed E-state index contributed by atoms with van der Waals surface area (Å²) >= 11 is 0. The van der Waals surface area contributed by atoms with Gasteiger partial charge in [-0.25, -0.2) is 0 Å². The summed E-state index contributed by atoms with van der Waals surface area (Å²) in [7, 11) is 0. The molecule has 2 aromatic rings. The van der Waals surface area contributed by atoms with Gasteiger partial charge < -0.3 is 11.1 Å². The van der Waals surface area contributed by atoms with Crippen LogP contribution in [0.2, 0.25) is 0 Å². The van der Waals surface area contributed by atoms with E-state index in [0.29, 0.717) is 6.42 Å². The molecule has 1 heterocycles. The second-order valence-corrected chi connectivity index (χ2v) is 5.43. The van der Waals surface area contributed by atoms with Crippen molar-refractivity contribution in [3.8, 4) is 0 Å². The van der Waals surface area contributed by atoms with Gasteiger partial charge in [-0.2, -0.15) is 5.10 Å². The van der Waals surface area contributed by atoms with Crippen molar-refractivity contribution >= 4 is 18.3 Å². The third-order valence-corrected chi connectivity index (χ3v) is 3.23. The number of carbonyl (C=O) groups is 1. The first-order valence-corrected chi connectivity index (χ1v) is 7.16. The Kier molecular flexibility index (Phi) is 7.08. The van der Waals surface area contributed by atoms with Gasteiger partial charge in [0.2, 0.25) is 5.91 Å². The van der Waals surface area contributed by atoms with Gasteiger partial charge in [0.25, 0.3) is 0 Å². The Morgan fingerprint density at radius 2 is 2.00 bits per heavy atom. The lowest BCUT2D eigenvalue weighted by molar-refractivity contribution is -0.122. The molecule has 0 aliphatic carbocycles. The number of amides is 1. The number of hydrogen-bond donors (Lipinski definition) is 2. The van der Waals surface area contributed by atoms with E-state index in [1.54, 1.807) is 6.20 Å². The SMILES string of the molecule is CC(N)CC(=O)NC(C)c1cnn(Cc2ccccc2)c1.Cl. The lowest BCUT2D eigenvalue weighted by atomic mass is 10.1. The molecule has 0 saturated heterocycles. The highest BCUT2D eigenvalue weighted by Crippen LogP contribution is 2.12. The van der Waals surface area contributed by atoms with Crippen molar-refractivity contribution < 1.29 is 4.79 Å². The molecule has 22 heavy (non-hydrogen) atoms. The lowest BCUT2D eigenvalue weighted by Gasteiger charge is -2.13. The molecule has 2 atom stereocenters. The molecule has 5 nitrogen and oxygen atoms in total. The number of nitrogens with zero attached hydrogens (tertiary/aromatic N) is 2. The molecule has 1 aromatic carbocycles. The second-order valence-electron chi connectivity index (χ2n) is 5.43. The largest absolute Gasteiger partial charge is 0.349 e. The first-order valence-electron chi connectivity index (χ1n) is 7.16. The molecule has 3 N–H and O–H groups in total. The number of aromatic nitrogens is 2. The Morgan fingerprint density at radius 3 is 2.64 bits per heavy atom. The molecular formula is C16H23ClN4O. The van der Waals surface area contributed by atoms with E-state index in [1.165, 1.54) is 5.56 Å². The summed E-state index contributed by atoms with van der Waals surface area (Å²) in [5.74, 6) is -0.0340. The number of benzene rings is 1. The monoisotopic (exact) mass is 322 g/mol. The van der Waals surface area contributed by atoms with Gasteiger partial charge in [-0.1, -0.05) is 30.3 Å². The highest BCUT2D eigenvalue weighted by atomic mass is 35.5. The zero-order chi connectivity index (χ0) is 15.2. The molecule has 2 unspecified atom stereocenters. The van der Waals surface area contributed by atoms with Gasteiger partial charge in [0.05, 0.1) is 18.8 Å². The summed E-state index contributed by atoms with van der Waals surface area (Å²) < 4.78 is 1.87. The number of hydrogen-bond acceptors (Lipinski definition) is 3. The minimum absolute atomic E-state index is 0. The molecule has 0 bridgehead atoms. The number of carbonyl (C=O) groups excluding carboxylic acids is 1. The van der Waals surface area contributed by atoms with Gasteiger partial charge in [0.15, 0.2) is 0 Å². The van der Waals surface area contributed by atoms with Gasteiger partial charge in [-0.3, -0.25) is 9.48 Å². The van der Waals surface area contributed by atoms with Gasteiger partial charge in [0.1, 0.15) is 0 Å². The van der Waals surface area contributed by atoms with Gasteiger partial charge in [0, 0.05) is 24.2 Å². The Bertz CT molecular complexity index is 583. The summed E-state index contributed by atoms with van der Waals surface area (Å²) in [5.41, 5.74) is 7.81. The summed E-state index contributed by atoms with van der Waals surface area (Å²) in [6, 6.07) is 9.95. The van der Waals surface area contributed by atoms with Crippen molar-refractivity contribution in [3.63, 3.8) is 0 Å². The normalized spacial score (nSPS) is 13.0. The van der Waals surface area contributed by atoms with Crippen LogP contribution in [-0.2, 0) is 11.3 Å². The predicted octanol–water partition coefficient (Wildman–Crippen LogP) is 2.27. The zero-order valence-electron chi connectivity index (χ0n) is 12.9. The first kappa shape index (κ1) is 18.2. The molecule has 0 aliphatic rings. The minimum Gasteiger partial charge on any atom is -0.349 e. The van der Waals surface area contributed by atoms with Crippen molar-refractivity contribution in [1.82, 2.24) is 15.1 Å². The van der Waals surface area contributed by atoms with Gasteiger partial charge >= 0.3 is 0 Å². The topological polar surface area (TPSA) is 72.9 Å². The van der Waals surface area contributed by atoms with E-state index in [0.717, 1.165) is 12.1 Å². The van der Waals surface area contributed by atoms with Crippen LogP contribution in [-0.4, -0.2) is 21.7 Å². The van der Waals surface area contributed by atoms with Crippen molar-refractivity contribution in [1.29, 1.82) is 0 Å². The summed E-state index contributed by atoms with van der Waals surface area (Å²) in [6.07, 6.45) is 4.09. The number of nitrogens with one attached hydrogen (secondary N) is 1. The minimum atomic E-state index is -0.127. The molecule has 2 rings (SSSR count). The van der Waals surface area contributed by atoms with Crippen molar-refractivity contribution in [3.05, 3.63) is 53.9 Å². The Balaban J connectivity index is 0.00000242. The predicted molar refractivity (Wildman–Crippen MR) is 89.8 cm³/mol. The molecule has 0 fully saturated rings. The van der Waals surface area contributed by atoms with Crippen LogP contribution >= 0.6 is 12.4 Å². The lowest BCUT2D eigenvalue weighted by Crippen LogP contribution is -2.31. The van der Waals surface area contributed by atoms with E-state index in [1.807, 2.05) is 42.9 Å². The van der Waals surface area contributed by atoms with Crippen LogP contribution in [0.1, 0.15) is 37.4 Å². The Morgan fingerprint density at radius 1 is 1.32 bits per heavy atom. The highest BCUT2D eigenvalue weighted by molar-refractivity contribution is 5.85. The Labute approximate surface area is 137 Å². The average molecular weight is 323 g/mol. The van der Waals surface area contributed by atoms with E-state index in [2.05, 4.69) is 22.5 Å². The average Bonchev–Trinajstić information content (AvgIpc) is 2.87. The van der Waals surface area contributed by atoms with Gasteiger partial charge in [-0.15, -0.1) is 12.4 Å². The fourth-order valence-corrected chi connectivity index (χ4v) is 2.14. The van der Waals surface area contributed by atoms with Crippen LogP contribution in [0.15, 0.2) is 42.7 Å². The third-order valence-electron chi connectivity index (χ3n) is 3.23. The van der Waals surface area contributed by atoms with Gasteiger partial charge in [-0.05, 0) is 19.4 Å². The molecule has 1 aromatic heterocycles. The summed E-state index contributed by atoms with van der Waals surface area (Å²) in [5, 5.41) is 7.27. The van der Waals surface area contributed by atoms with Crippen LogP contribution in [0.4, 0.5) is 0 Å². The number of nitrogens with two attached hydrogens (primary N) is 1. The van der Waals surface area contributed by atoms with E-state index in [-0.39, 0.29) is 30.4 Å². The quantitative estimate of drug-likeness (QED) is 0.857. The standard InChI is InChI=1S/C16H22N4O.ClH/c1-12(17)8-16(21)19-13(2)15-9-18-20(11-15)10-14-6-4-3-5-7-14;/h3-7,9,11-13H,8,10,17H2,1-2H3,(H,19,21);1H. The Hall–Kier alpha value is -1.85. The van der Waals surface area contributed by atoms with E-state index in [4.69, 9.17) is 5.73 Å². The summed E-state index contributed by atoms with van der Waals surface area (Å²) in [6.45, 7) is 4.49. The van der Waals surface area contributed by atoms with E-state index in [9.17, 15) is 4.79 Å². The maximum Gasteiger partial charge on any atom is 0.222 e. The van der Waals surface area contributed by atoms with Crippen molar-refractivity contribution in [2.75, 3.05) is 0 Å². The van der Waals surface area contributed by atoms with Crippen LogP contribution in [0.3, 0.4) is 0 Å². The molecule has 1 amide bonds. The van der Waals surface area contributed by atoms with Crippen LogP contribution in [0.25, 0.3) is 0 Å². The molecule has 0 spiro atoms. The maximum atomic E-state index is 11.7. The van der Waals surface area contributed by atoms with Crippen LogP contribution in [0.5, 0.6) is 0 Å². The molecule has 120 valence electrons. The fraction of sp³-hybridized carbons (Fsp3) is 0.375. The first-order chi connectivity index (χ1) is 10.0. The molecular weight excluding hydrogens is 300 g/mol. The van der Waals surface area contributed by atoms with Crippen LogP contribution < -0.4 is 11.1 Å². The summed E-state index contributed by atoms with van der Waals surface area (Å²) in [4.78, 5) is 11.7. The highest BCUT2D eigenvalue weighted by Gasteiger charge is 2.12. The molecule has 0 radical (unpaired) electrons. The molecule has 0 saturated carbocycles. The molecule has 0 aliphatic heterocycles. The molecule has 6 heteroatoms. The number of halogens is 1. The second kappa shape index (κ2) is 8.56. The zero-order valence-corrected chi connectivity index (χ0v) is 13.7. The van der Waals surface area contributed by atoms with Crippen LogP contribution in [0, 0.1) is 0 Å². The fourth-order valence-electron chi connectivity index (χ4n) is 2.14.